The molecule has 3 nitrogen and oxygen atoms in total. The van der Waals surface area contributed by atoms with E-state index in [2.05, 4.69) is 5.32 Å². The van der Waals surface area contributed by atoms with Gasteiger partial charge in [-0.05, 0) is 32.9 Å². The Labute approximate surface area is 126 Å². The molecule has 22 heavy (non-hydrogen) atoms. The number of aryl methyl sites for hydroxylation is 2. The highest BCUT2D eigenvalue weighted by Crippen LogP contribution is 2.26. The van der Waals surface area contributed by atoms with Gasteiger partial charge in [-0.25, -0.2) is 13.2 Å². The van der Waals surface area contributed by atoms with E-state index in [0.29, 0.717) is 23.2 Å². The minimum Gasteiger partial charge on any atom is -0.466 e. The number of furan rings is 1. The van der Waals surface area contributed by atoms with Crippen molar-refractivity contribution in [1.29, 1.82) is 0 Å². The lowest BCUT2D eigenvalue weighted by molar-refractivity contribution is 0.0551. The quantitative estimate of drug-likeness (QED) is 0.833. The van der Waals surface area contributed by atoms with Crippen molar-refractivity contribution in [2.24, 2.45) is 0 Å². The van der Waals surface area contributed by atoms with Gasteiger partial charge in [0.15, 0.2) is 11.6 Å². The fraction of sp³-hybridized carbons (Fsp3) is 0.375. The number of aliphatic hydroxyl groups is 1. The van der Waals surface area contributed by atoms with Crippen LogP contribution in [0.15, 0.2) is 22.6 Å². The lowest BCUT2D eigenvalue weighted by atomic mass is 9.96. The zero-order chi connectivity index (χ0) is 16.5. The van der Waals surface area contributed by atoms with Crippen molar-refractivity contribution < 1.29 is 22.7 Å². The summed E-state index contributed by atoms with van der Waals surface area (Å²) in [5.74, 6) is -1.88. The maximum absolute atomic E-state index is 13.5. The molecule has 1 atom stereocenters. The van der Waals surface area contributed by atoms with Gasteiger partial charge < -0.3 is 14.8 Å². The Kier molecular flexibility index (Phi) is 4.63. The summed E-state index contributed by atoms with van der Waals surface area (Å²) in [6.07, 6.45) is 0. The van der Waals surface area contributed by atoms with Crippen molar-refractivity contribution in [3.63, 3.8) is 0 Å². The maximum atomic E-state index is 13.5. The van der Waals surface area contributed by atoms with Gasteiger partial charge in [-0.15, -0.1) is 0 Å². The number of hydrogen-bond donors (Lipinski definition) is 2. The molecule has 0 aliphatic rings. The van der Waals surface area contributed by atoms with Crippen molar-refractivity contribution >= 4 is 0 Å². The highest BCUT2D eigenvalue weighted by molar-refractivity contribution is 5.27. The smallest absolute Gasteiger partial charge is 0.161 e. The Bertz CT molecular complexity index is 680. The first-order chi connectivity index (χ1) is 10.2. The van der Waals surface area contributed by atoms with E-state index in [1.165, 1.54) is 0 Å². The summed E-state index contributed by atoms with van der Waals surface area (Å²) < 4.78 is 44.9. The Hall–Kier alpha value is -1.79. The molecule has 0 radical (unpaired) electrons. The van der Waals surface area contributed by atoms with E-state index in [9.17, 15) is 18.3 Å². The summed E-state index contributed by atoms with van der Waals surface area (Å²) in [6.45, 7) is 5.18. The van der Waals surface area contributed by atoms with Crippen molar-refractivity contribution in [1.82, 2.24) is 5.32 Å². The minimum atomic E-state index is -1.23. The predicted octanol–water partition coefficient (Wildman–Crippen LogP) is 3.31. The minimum absolute atomic E-state index is 0.00482. The summed E-state index contributed by atoms with van der Waals surface area (Å²) in [7, 11) is 0. The fourth-order valence-corrected chi connectivity index (χ4v) is 2.40. The lowest BCUT2D eigenvalue weighted by Crippen LogP contribution is -2.35. The molecule has 1 aromatic heterocycles. The summed E-state index contributed by atoms with van der Waals surface area (Å²) in [4.78, 5) is 0. The van der Waals surface area contributed by atoms with Crippen LogP contribution in [0.4, 0.5) is 13.2 Å². The number of benzene rings is 1. The van der Waals surface area contributed by atoms with Crippen LogP contribution in [0.3, 0.4) is 0 Å². The van der Waals surface area contributed by atoms with Crippen LogP contribution >= 0.6 is 0 Å². The zero-order valence-electron chi connectivity index (χ0n) is 12.6. The molecule has 2 aromatic rings. The zero-order valence-corrected chi connectivity index (χ0v) is 12.6. The first kappa shape index (κ1) is 16.6. The van der Waals surface area contributed by atoms with Gasteiger partial charge in [0.05, 0.1) is 0 Å². The van der Waals surface area contributed by atoms with E-state index in [0.717, 1.165) is 6.07 Å². The van der Waals surface area contributed by atoms with E-state index < -0.39 is 23.1 Å². The topological polar surface area (TPSA) is 45.4 Å². The number of nitrogens with one attached hydrogen (secondary N) is 1. The van der Waals surface area contributed by atoms with Crippen LogP contribution in [0.2, 0.25) is 0 Å². The molecule has 120 valence electrons. The van der Waals surface area contributed by atoms with Crippen molar-refractivity contribution in [2.45, 2.75) is 32.9 Å². The van der Waals surface area contributed by atoms with Gasteiger partial charge >= 0.3 is 0 Å². The lowest BCUT2D eigenvalue weighted by Gasteiger charge is -2.23. The van der Waals surface area contributed by atoms with Gasteiger partial charge in [-0.1, -0.05) is 0 Å². The molecule has 0 fully saturated rings. The predicted molar refractivity (Wildman–Crippen MR) is 75.8 cm³/mol. The fourth-order valence-electron chi connectivity index (χ4n) is 2.40. The van der Waals surface area contributed by atoms with Crippen LogP contribution in [-0.2, 0) is 12.1 Å². The Balaban J connectivity index is 2.04. The summed E-state index contributed by atoms with van der Waals surface area (Å²) in [5.41, 5.74) is -0.602. The third kappa shape index (κ3) is 3.51. The summed E-state index contributed by atoms with van der Waals surface area (Å²) in [5, 5.41) is 13.3. The largest absolute Gasteiger partial charge is 0.466 e. The standard InChI is InChI=1S/C16H18F3NO2/c1-9-4-12(10(2)22-9)16(3,21)8-20-7-11-5-14(18)15(19)6-13(11)17/h4-6,20-21H,7-8H2,1-3H3. The average Bonchev–Trinajstić information content (AvgIpc) is 2.75. The molecular weight excluding hydrogens is 295 g/mol. The number of rotatable bonds is 5. The van der Waals surface area contributed by atoms with Crippen LogP contribution < -0.4 is 5.32 Å². The van der Waals surface area contributed by atoms with Crippen LogP contribution in [0.1, 0.15) is 29.6 Å². The first-order valence-corrected chi connectivity index (χ1v) is 6.85. The molecule has 2 N–H and O–H groups in total. The SMILES string of the molecule is Cc1cc(C(C)(O)CNCc2cc(F)c(F)cc2F)c(C)o1. The molecule has 0 aliphatic heterocycles. The van der Waals surface area contributed by atoms with Crippen molar-refractivity contribution in [2.75, 3.05) is 6.54 Å². The molecule has 0 aliphatic carbocycles. The van der Waals surface area contributed by atoms with Gasteiger partial charge in [-0.3, -0.25) is 0 Å². The Morgan fingerprint density at radius 1 is 1.09 bits per heavy atom. The van der Waals surface area contributed by atoms with Gasteiger partial charge in [0.25, 0.3) is 0 Å². The van der Waals surface area contributed by atoms with Crippen LogP contribution in [-0.4, -0.2) is 11.7 Å². The molecule has 0 saturated carbocycles. The van der Waals surface area contributed by atoms with E-state index >= 15 is 0 Å². The van der Waals surface area contributed by atoms with E-state index in [1.807, 2.05) is 0 Å². The molecule has 0 amide bonds. The van der Waals surface area contributed by atoms with Crippen LogP contribution in [0.25, 0.3) is 0 Å². The normalized spacial score (nSPS) is 14.1. The summed E-state index contributed by atoms with van der Waals surface area (Å²) >= 11 is 0. The molecular formula is C16H18F3NO2. The third-order valence-corrected chi connectivity index (χ3v) is 3.50. The monoisotopic (exact) mass is 313 g/mol. The third-order valence-electron chi connectivity index (χ3n) is 3.50. The van der Waals surface area contributed by atoms with E-state index in [1.54, 1.807) is 26.8 Å². The molecule has 0 bridgehead atoms. The van der Waals surface area contributed by atoms with E-state index in [4.69, 9.17) is 4.42 Å². The Morgan fingerprint density at radius 3 is 2.32 bits per heavy atom. The van der Waals surface area contributed by atoms with Gasteiger partial charge in [-0.2, -0.15) is 0 Å². The maximum Gasteiger partial charge on any atom is 0.161 e. The molecule has 1 aromatic carbocycles. The highest BCUT2D eigenvalue weighted by Gasteiger charge is 2.27. The second-order valence-electron chi connectivity index (χ2n) is 5.56. The molecule has 0 spiro atoms. The Morgan fingerprint density at radius 2 is 1.73 bits per heavy atom. The van der Waals surface area contributed by atoms with Gasteiger partial charge in [0.2, 0.25) is 0 Å². The highest BCUT2D eigenvalue weighted by atomic mass is 19.2. The summed E-state index contributed by atoms with van der Waals surface area (Å²) in [6, 6.07) is 3.04. The second kappa shape index (κ2) is 6.14. The number of halogens is 3. The molecule has 1 unspecified atom stereocenters. The van der Waals surface area contributed by atoms with Crippen molar-refractivity contribution in [3.8, 4) is 0 Å². The van der Waals surface area contributed by atoms with Gasteiger partial charge in [0.1, 0.15) is 22.9 Å². The average molecular weight is 313 g/mol. The van der Waals surface area contributed by atoms with E-state index in [-0.39, 0.29) is 18.7 Å². The number of hydrogen-bond acceptors (Lipinski definition) is 3. The first-order valence-electron chi connectivity index (χ1n) is 6.85. The van der Waals surface area contributed by atoms with Crippen molar-refractivity contribution in [3.05, 3.63) is 58.3 Å². The molecule has 1 heterocycles. The molecule has 0 saturated heterocycles. The second-order valence-corrected chi connectivity index (χ2v) is 5.56. The molecule has 2 rings (SSSR count). The van der Waals surface area contributed by atoms with Crippen LogP contribution in [0, 0.1) is 31.3 Å². The van der Waals surface area contributed by atoms with Gasteiger partial charge in [0, 0.05) is 30.3 Å². The molecule has 6 heteroatoms. The van der Waals surface area contributed by atoms with Crippen LogP contribution in [0.5, 0.6) is 0 Å².